The predicted octanol–water partition coefficient (Wildman–Crippen LogP) is 2.75. The van der Waals surface area contributed by atoms with Crippen molar-refractivity contribution < 1.29 is 0 Å². The molecule has 2 atom stereocenters. The van der Waals surface area contributed by atoms with Crippen molar-refractivity contribution in [2.75, 3.05) is 46.8 Å². The van der Waals surface area contributed by atoms with Crippen LogP contribution in [0.2, 0.25) is 0 Å². The van der Waals surface area contributed by atoms with Gasteiger partial charge < -0.3 is 15.5 Å². The van der Waals surface area contributed by atoms with Crippen molar-refractivity contribution in [3.63, 3.8) is 0 Å². The number of benzene rings is 1. The van der Waals surface area contributed by atoms with Gasteiger partial charge in [-0.1, -0.05) is 38.1 Å². The maximum Gasteiger partial charge on any atom is 0.191 e. The molecule has 2 N–H and O–H groups in total. The molecule has 2 rings (SSSR count). The lowest BCUT2D eigenvalue weighted by Gasteiger charge is -2.37. The van der Waals surface area contributed by atoms with Crippen molar-refractivity contribution in [1.29, 1.82) is 0 Å². The summed E-state index contributed by atoms with van der Waals surface area (Å²) in [5, 5.41) is 6.96. The molecule has 1 aromatic rings. The van der Waals surface area contributed by atoms with Gasteiger partial charge in [-0.3, -0.25) is 9.89 Å². The third kappa shape index (κ3) is 7.15. The highest BCUT2D eigenvalue weighted by Gasteiger charge is 2.21. The molecule has 0 amide bonds. The van der Waals surface area contributed by atoms with Crippen LogP contribution in [0.3, 0.4) is 0 Å². The highest BCUT2D eigenvalue weighted by atomic mass is 15.3. The average molecular weight is 374 g/mol. The van der Waals surface area contributed by atoms with E-state index in [1.807, 2.05) is 0 Å². The first-order chi connectivity index (χ1) is 12.9. The zero-order valence-electron chi connectivity index (χ0n) is 18.1. The van der Waals surface area contributed by atoms with Crippen LogP contribution in [-0.2, 0) is 6.42 Å². The van der Waals surface area contributed by atoms with Gasteiger partial charge in [0.1, 0.15) is 0 Å². The normalized spacial score (nSPS) is 20.7. The molecule has 2 unspecified atom stereocenters. The molecule has 0 spiro atoms. The topological polar surface area (TPSA) is 42.9 Å². The SMILES string of the molecule is CCNC(=NCC1CN(C)CCN1C)NC(C)c1ccc(CC(C)C)cc1. The molecule has 5 heteroatoms. The Bertz CT molecular complexity index is 581. The molecule has 1 fully saturated rings. The van der Waals surface area contributed by atoms with Crippen molar-refractivity contribution in [3.05, 3.63) is 35.4 Å². The molecular weight excluding hydrogens is 334 g/mol. The van der Waals surface area contributed by atoms with E-state index in [0.29, 0.717) is 12.0 Å². The Balaban J connectivity index is 1.97. The monoisotopic (exact) mass is 373 g/mol. The first kappa shape index (κ1) is 21.7. The average Bonchev–Trinajstić information content (AvgIpc) is 2.62. The summed E-state index contributed by atoms with van der Waals surface area (Å²) in [6, 6.07) is 9.69. The Hall–Kier alpha value is -1.59. The van der Waals surface area contributed by atoms with Gasteiger partial charge in [-0.05, 0) is 51.4 Å². The standard InChI is InChI=1S/C22H39N5/c1-7-23-22(24-15-21-16-26(5)12-13-27(21)6)25-18(4)20-10-8-19(9-11-20)14-17(2)3/h8-11,17-18,21H,7,12-16H2,1-6H3,(H2,23,24,25). The van der Waals surface area contributed by atoms with Gasteiger partial charge in [-0.25, -0.2) is 0 Å². The highest BCUT2D eigenvalue weighted by molar-refractivity contribution is 5.80. The molecule has 0 aliphatic carbocycles. The largest absolute Gasteiger partial charge is 0.357 e. The molecule has 5 nitrogen and oxygen atoms in total. The van der Waals surface area contributed by atoms with Crippen LogP contribution >= 0.6 is 0 Å². The van der Waals surface area contributed by atoms with Gasteiger partial charge in [0.15, 0.2) is 5.96 Å². The lowest BCUT2D eigenvalue weighted by molar-refractivity contribution is 0.119. The van der Waals surface area contributed by atoms with Gasteiger partial charge >= 0.3 is 0 Å². The molecule has 0 bridgehead atoms. The van der Waals surface area contributed by atoms with Gasteiger partial charge in [0, 0.05) is 32.2 Å². The molecule has 0 saturated carbocycles. The Morgan fingerprint density at radius 1 is 1.15 bits per heavy atom. The molecule has 1 aliphatic heterocycles. The summed E-state index contributed by atoms with van der Waals surface area (Å²) in [6.07, 6.45) is 1.13. The van der Waals surface area contributed by atoms with Gasteiger partial charge in [-0.15, -0.1) is 0 Å². The fourth-order valence-electron chi connectivity index (χ4n) is 3.52. The third-order valence-electron chi connectivity index (χ3n) is 5.26. The summed E-state index contributed by atoms with van der Waals surface area (Å²) in [5.41, 5.74) is 2.70. The molecular formula is C22H39N5. The number of rotatable bonds is 7. The van der Waals surface area contributed by atoms with E-state index in [2.05, 4.69) is 86.5 Å². The fourth-order valence-corrected chi connectivity index (χ4v) is 3.52. The van der Waals surface area contributed by atoms with Crippen molar-refractivity contribution in [2.24, 2.45) is 10.9 Å². The van der Waals surface area contributed by atoms with Gasteiger partial charge in [0.05, 0.1) is 12.6 Å². The number of aliphatic imine (C=N–C) groups is 1. The number of guanidine groups is 1. The summed E-state index contributed by atoms with van der Waals surface area (Å²) >= 11 is 0. The zero-order valence-corrected chi connectivity index (χ0v) is 18.1. The number of piperazine rings is 1. The first-order valence-electron chi connectivity index (χ1n) is 10.4. The number of hydrogen-bond donors (Lipinski definition) is 2. The van der Waals surface area contributed by atoms with Crippen LogP contribution in [0.5, 0.6) is 0 Å². The number of hydrogen-bond acceptors (Lipinski definition) is 3. The van der Waals surface area contributed by atoms with Crippen LogP contribution in [0.15, 0.2) is 29.3 Å². The summed E-state index contributed by atoms with van der Waals surface area (Å²) < 4.78 is 0. The van der Waals surface area contributed by atoms with E-state index in [0.717, 1.165) is 45.1 Å². The van der Waals surface area contributed by atoms with Gasteiger partial charge in [-0.2, -0.15) is 0 Å². The Morgan fingerprint density at radius 3 is 2.48 bits per heavy atom. The Morgan fingerprint density at radius 2 is 1.85 bits per heavy atom. The van der Waals surface area contributed by atoms with Crippen LogP contribution in [0.1, 0.15) is 44.9 Å². The minimum atomic E-state index is 0.225. The number of likely N-dealkylation sites (N-methyl/N-ethyl adjacent to an activating group) is 2. The van der Waals surface area contributed by atoms with E-state index in [4.69, 9.17) is 4.99 Å². The number of nitrogens with one attached hydrogen (secondary N) is 2. The summed E-state index contributed by atoms with van der Waals surface area (Å²) in [4.78, 5) is 9.68. The maximum absolute atomic E-state index is 4.87. The van der Waals surface area contributed by atoms with Crippen molar-refractivity contribution >= 4 is 5.96 Å². The molecule has 1 aliphatic rings. The third-order valence-corrected chi connectivity index (χ3v) is 5.26. The van der Waals surface area contributed by atoms with Gasteiger partial charge in [0.2, 0.25) is 0 Å². The fraction of sp³-hybridized carbons (Fsp3) is 0.682. The highest BCUT2D eigenvalue weighted by Crippen LogP contribution is 2.15. The molecule has 1 saturated heterocycles. The van der Waals surface area contributed by atoms with Gasteiger partial charge in [0.25, 0.3) is 0 Å². The lowest BCUT2D eigenvalue weighted by Crippen LogP contribution is -2.51. The van der Waals surface area contributed by atoms with Crippen LogP contribution in [0.25, 0.3) is 0 Å². The number of nitrogens with zero attached hydrogens (tertiary/aromatic N) is 3. The van der Waals surface area contributed by atoms with Crippen molar-refractivity contribution in [2.45, 2.75) is 46.2 Å². The van der Waals surface area contributed by atoms with Crippen LogP contribution in [-0.4, -0.2) is 68.6 Å². The van der Waals surface area contributed by atoms with E-state index in [1.54, 1.807) is 0 Å². The molecule has 152 valence electrons. The second-order valence-electron chi connectivity index (χ2n) is 8.32. The zero-order chi connectivity index (χ0) is 19.8. The lowest BCUT2D eigenvalue weighted by atomic mass is 10.00. The maximum atomic E-state index is 4.87. The Kier molecular flexibility index (Phi) is 8.58. The smallest absolute Gasteiger partial charge is 0.191 e. The van der Waals surface area contributed by atoms with Crippen LogP contribution in [0.4, 0.5) is 0 Å². The minimum Gasteiger partial charge on any atom is -0.357 e. The summed E-state index contributed by atoms with van der Waals surface area (Å²) in [6.45, 7) is 13.8. The molecule has 1 heterocycles. The van der Waals surface area contributed by atoms with E-state index >= 15 is 0 Å². The van der Waals surface area contributed by atoms with E-state index in [-0.39, 0.29) is 6.04 Å². The van der Waals surface area contributed by atoms with Crippen molar-refractivity contribution in [1.82, 2.24) is 20.4 Å². The quantitative estimate of drug-likeness (QED) is 0.570. The molecule has 27 heavy (non-hydrogen) atoms. The second-order valence-corrected chi connectivity index (χ2v) is 8.32. The molecule has 0 aromatic heterocycles. The van der Waals surface area contributed by atoms with E-state index in [9.17, 15) is 0 Å². The summed E-state index contributed by atoms with van der Waals surface area (Å²) in [5.74, 6) is 1.59. The van der Waals surface area contributed by atoms with E-state index in [1.165, 1.54) is 11.1 Å². The minimum absolute atomic E-state index is 0.225. The summed E-state index contributed by atoms with van der Waals surface area (Å²) in [7, 11) is 4.40. The van der Waals surface area contributed by atoms with Crippen LogP contribution in [0, 0.1) is 5.92 Å². The molecule has 1 aromatic carbocycles. The molecule has 0 radical (unpaired) electrons. The second kappa shape index (κ2) is 10.7. The Labute approximate surface area is 166 Å². The first-order valence-corrected chi connectivity index (χ1v) is 10.4. The van der Waals surface area contributed by atoms with E-state index < -0.39 is 0 Å². The van der Waals surface area contributed by atoms with Crippen molar-refractivity contribution in [3.8, 4) is 0 Å². The van der Waals surface area contributed by atoms with Crippen LogP contribution < -0.4 is 10.6 Å². The predicted molar refractivity (Wildman–Crippen MR) is 116 cm³/mol.